The number of hydrogen-bond acceptors (Lipinski definition) is 5. The van der Waals surface area contributed by atoms with Crippen LogP contribution in [0.25, 0.3) is 22.3 Å². The number of aromatic amines is 2. The normalized spacial score (nSPS) is 11.1. The molecule has 1 aromatic carbocycles. The number of para-hydroxylation sites is 1. The number of nitrogens with zero attached hydrogens (tertiary/aromatic N) is 3. The first-order chi connectivity index (χ1) is 12.6. The summed E-state index contributed by atoms with van der Waals surface area (Å²) in [5.41, 5.74) is 2.45. The number of pyridine rings is 1. The Morgan fingerprint density at radius 1 is 1.19 bits per heavy atom. The number of rotatable bonds is 5. The van der Waals surface area contributed by atoms with Crippen LogP contribution in [-0.4, -0.2) is 30.7 Å². The minimum Gasteiger partial charge on any atom is -0.543 e. The molecule has 26 heavy (non-hydrogen) atoms. The third-order valence-corrected chi connectivity index (χ3v) is 4.61. The maximum atomic E-state index is 11.5. The molecule has 0 amide bonds. The first-order valence-corrected chi connectivity index (χ1v) is 8.42. The average Bonchev–Trinajstić information content (AvgIpc) is 3.21. The topological polar surface area (TPSA) is 102 Å². The number of carboxylic acids is 1. The Bertz CT molecular complexity index is 1140. The molecule has 0 atom stereocenters. The molecule has 0 bridgehead atoms. The van der Waals surface area contributed by atoms with E-state index in [1.165, 1.54) is 0 Å². The molecule has 0 spiro atoms. The molecule has 0 aliphatic carbocycles. The van der Waals surface area contributed by atoms with Gasteiger partial charge in [-0.2, -0.15) is 5.10 Å². The van der Waals surface area contributed by atoms with Crippen LogP contribution in [0.1, 0.15) is 16.1 Å². The number of fused-ring (bicyclic) bond motifs is 1. The second kappa shape index (κ2) is 6.57. The number of hydrogen-bond donors (Lipinski definition) is 2. The summed E-state index contributed by atoms with van der Waals surface area (Å²) in [6, 6.07) is 11.2. The van der Waals surface area contributed by atoms with Gasteiger partial charge in [0.1, 0.15) is 0 Å². The molecule has 8 heteroatoms. The van der Waals surface area contributed by atoms with Crippen LogP contribution in [0.3, 0.4) is 0 Å². The first kappa shape index (κ1) is 16.2. The lowest BCUT2D eigenvalue weighted by molar-refractivity contribution is -0.255. The molecule has 0 saturated carbocycles. The van der Waals surface area contributed by atoms with Gasteiger partial charge < -0.3 is 14.9 Å². The van der Waals surface area contributed by atoms with Crippen molar-refractivity contribution in [3.63, 3.8) is 0 Å². The summed E-state index contributed by atoms with van der Waals surface area (Å²) in [6.45, 7) is 0.481. The monoisotopic (exact) mass is 364 g/mol. The highest BCUT2D eigenvalue weighted by molar-refractivity contribution is 7.71. The third-order valence-electron chi connectivity index (χ3n) is 4.30. The largest absolute Gasteiger partial charge is 0.543 e. The molecule has 0 fully saturated rings. The van der Waals surface area contributed by atoms with E-state index in [-0.39, 0.29) is 5.69 Å². The van der Waals surface area contributed by atoms with E-state index >= 15 is 0 Å². The molecule has 3 aromatic heterocycles. The van der Waals surface area contributed by atoms with Crippen molar-refractivity contribution >= 4 is 29.1 Å². The molecule has 2 N–H and O–H groups in total. The van der Waals surface area contributed by atoms with Crippen molar-refractivity contribution in [3.8, 4) is 11.4 Å². The zero-order valence-electron chi connectivity index (χ0n) is 13.6. The Balaban J connectivity index is 1.72. The van der Waals surface area contributed by atoms with E-state index < -0.39 is 5.97 Å². The minimum absolute atomic E-state index is 0.103. The summed E-state index contributed by atoms with van der Waals surface area (Å²) in [5.74, 6) is -0.534. The van der Waals surface area contributed by atoms with E-state index in [0.29, 0.717) is 29.1 Å². The van der Waals surface area contributed by atoms with Crippen molar-refractivity contribution in [2.45, 2.75) is 13.0 Å². The number of carbonyl (C=O) groups excluding carboxylic acids is 1. The molecule has 0 unspecified atom stereocenters. The summed E-state index contributed by atoms with van der Waals surface area (Å²) >= 11 is 5.34. The average molecular weight is 364 g/mol. The van der Waals surface area contributed by atoms with Gasteiger partial charge in [0, 0.05) is 35.4 Å². The van der Waals surface area contributed by atoms with Gasteiger partial charge in [-0.05, 0) is 42.4 Å². The molecule has 0 aliphatic heterocycles. The maximum absolute atomic E-state index is 11.5. The van der Waals surface area contributed by atoms with Crippen molar-refractivity contribution < 1.29 is 9.90 Å². The Kier molecular flexibility index (Phi) is 4.10. The summed E-state index contributed by atoms with van der Waals surface area (Å²) in [4.78, 5) is 18.4. The van der Waals surface area contributed by atoms with Crippen molar-refractivity contribution in [1.29, 1.82) is 0 Å². The molecular weight excluding hydrogens is 350 g/mol. The van der Waals surface area contributed by atoms with Gasteiger partial charge in [0.2, 0.25) is 0 Å². The molecule has 3 heterocycles. The van der Waals surface area contributed by atoms with Crippen molar-refractivity contribution in [2.75, 3.05) is 0 Å². The highest BCUT2D eigenvalue weighted by Crippen LogP contribution is 2.24. The van der Waals surface area contributed by atoms with E-state index in [9.17, 15) is 9.90 Å². The number of aromatic carboxylic acids is 1. The minimum atomic E-state index is -1.22. The van der Waals surface area contributed by atoms with Crippen LogP contribution in [0.2, 0.25) is 0 Å². The van der Waals surface area contributed by atoms with Crippen LogP contribution in [0.5, 0.6) is 0 Å². The predicted octanol–water partition coefficient (Wildman–Crippen LogP) is 2.09. The Hall–Kier alpha value is -3.26. The lowest BCUT2D eigenvalue weighted by atomic mass is 10.1. The number of nitrogens with one attached hydrogen (secondary N) is 2. The van der Waals surface area contributed by atoms with E-state index in [2.05, 4.69) is 20.2 Å². The van der Waals surface area contributed by atoms with Crippen LogP contribution in [0.4, 0.5) is 0 Å². The zero-order chi connectivity index (χ0) is 18.1. The molecule has 0 saturated heterocycles. The van der Waals surface area contributed by atoms with Crippen LogP contribution < -0.4 is 5.11 Å². The fourth-order valence-corrected chi connectivity index (χ4v) is 3.33. The van der Waals surface area contributed by atoms with Gasteiger partial charge in [-0.15, -0.1) is 0 Å². The number of aromatic nitrogens is 5. The zero-order valence-corrected chi connectivity index (χ0v) is 14.4. The standard InChI is InChI=1S/C18H15N5O2S/c24-17(25)15-13(12-3-1-2-4-14(12)20-15)7-10-23-16(21-22-18(23)26)11-5-8-19-9-6-11/h1-6,8-9,20H,7,10H2,(H,22,26)(H,24,25)/p-1. The lowest BCUT2D eigenvalue weighted by Gasteiger charge is -2.09. The molecule has 7 nitrogen and oxygen atoms in total. The smallest absolute Gasteiger partial charge is 0.195 e. The fourth-order valence-electron chi connectivity index (χ4n) is 3.10. The van der Waals surface area contributed by atoms with Gasteiger partial charge in [0.25, 0.3) is 0 Å². The first-order valence-electron chi connectivity index (χ1n) is 8.01. The van der Waals surface area contributed by atoms with E-state index in [1.54, 1.807) is 12.4 Å². The van der Waals surface area contributed by atoms with Crippen LogP contribution in [-0.2, 0) is 13.0 Å². The summed E-state index contributed by atoms with van der Waals surface area (Å²) in [7, 11) is 0. The van der Waals surface area contributed by atoms with Crippen molar-refractivity contribution in [1.82, 2.24) is 24.7 Å². The Morgan fingerprint density at radius 2 is 1.96 bits per heavy atom. The molecule has 4 aromatic rings. The van der Waals surface area contributed by atoms with Crippen molar-refractivity contribution in [2.24, 2.45) is 0 Å². The number of H-pyrrole nitrogens is 2. The maximum Gasteiger partial charge on any atom is 0.195 e. The van der Waals surface area contributed by atoms with Gasteiger partial charge in [0.15, 0.2) is 10.6 Å². The number of benzene rings is 1. The van der Waals surface area contributed by atoms with Gasteiger partial charge in [-0.3, -0.25) is 14.6 Å². The van der Waals surface area contributed by atoms with E-state index in [4.69, 9.17) is 12.2 Å². The van der Waals surface area contributed by atoms with Gasteiger partial charge in [-0.25, -0.2) is 0 Å². The SMILES string of the molecule is O=C([O-])c1[nH]c2ccccc2c1CCn1c(-c2ccncc2)n[nH]c1=S. The van der Waals surface area contributed by atoms with Crippen LogP contribution in [0, 0.1) is 4.77 Å². The number of carboxylic acid groups (broad SMARTS) is 1. The molecule has 130 valence electrons. The van der Waals surface area contributed by atoms with Gasteiger partial charge >= 0.3 is 0 Å². The van der Waals surface area contributed by atoms with Crippen molar-refractivity contribution in [3.05, 3.63) is 64.8 Å². The van der Waals surface area contributed by atoms with Gasteiger partial charge in [0.05, 0.1) is 11.7 Å². The molecule has 0 radical (unpaired) electrons. The van der Waals surface area contributed by atoms with Crippen LogP contribution in [0.15, 0.2) is 48.8 Å². The Labute approximate surface area is 153 Å². The summed E-state index contributed by atoms with van der Waals surface area (Å²) in [5, 5.41) is 19.5. The predicted molar refractivity (Wildman–Crippen MR) is 97.0 cm³/mol. The highest BCUT2D eigenvalue weighted by Gasteiger charge is 2.14. The molecule has 0 aliphatic rings. The van der Waals surface area contributed by atoms with Gasteiger partial charge in [-0.1, -0.05) is 18.2 Å². The number of carbonyl (C=O) groups is 1. The molecular formula is C18H14N5O2S-. The molecule has 4 rings (SSSR count). The fraction of sp³-hybridized carbons (Fsp3) is 0.111. The summed E-state index contributed by atoms with van der Waals surface area (Å²) in [6.07, 6.45) is 3.84. The quantitative estimate of drug-likeness (QED) is 0.528. The lowest BCUT2D eigenvalue weighted by Crippen LogP contribution is -2.24. The van der Waals surface area contributed by atoms with E-state index in [1.807, 2.05) is 41.0 Å². The number of aryl methyl sites for hydroxylation is 1. The Morgan fingerprint density at radius 3 is 2.73 bits per heavy atom. The van der Waals surface area contributed by atoms with Crippen LogP contribution >= 0.6 is 12.2 Å². The third kappa shape index (κ3) is 2.80. The second-order valence-electron chi connectivity index (χ2n) is 5.80. The second-order valence-corrected chi connectivity index (χ2v) is 6.19. The summed E-state index contributed by atoms with van der Waals surface area (Å²) < 4.78 is 2.33. The van der Waals surface area contributed by atoms with E-state index in [0.717, 1.165) is 16.5 Å². The highest BCUT2D eigenvalue weighted by atomic mass is 32.1.